The van der Waals surface area contributed by atoms with Crippen LogP contribution in [-0.2, 0) is 0 Å². The summed E-state index contributed by atoms with van der Waals surface area (Å²) in [7, 11) is 0. The van der Waals surface area contributed by atoms with Crippen molar-refractivity contribution in [3.8, 4) is 6.07 Å². The van der Waals surface area contributed by atoms with Gasteiger partial charge in [0.25, 0.3) is 0 Å². The first kappa shape index (κ1) is 11.2. The van der Waals surface area contributed by atoms with E-state index in [1.807, 2.05) is 19.1 Å². The lowest BCUT2D eigenvalue weighted by molar-refractivity contribution is 1.16. The van der Waals surface area contributed by atoms with E-state index in [2.05, 4.69) is 31.3 Å². The molecule has 0 saturated heterocycles. The minimum Gasteiger partial charge on any atom is -0.338 e. The molecule has 0 bridgehead atoms. The van der Waals surface area contributed by atoms with E-state index in [9.17, 15) is 0 Å². The van der Waals surface area contributed by atoms with Crippen LogP contribution in [0, 0.1) is 18.3 Å². The van der Waals surface area contributed by atoms with Crippen LogP contribution < -0.4 is 5.32 Å². The highest BCUT2D eigenvalue weighted by atomic mass is 15.1. The van der Waals surface area contributed by atoms with Gasteiger partial charge in [0.2, 0.25) is 0 Å². The van der Waals surface area contributed by atoms with Crippen molar-refractivity contribution in [1.82, 2.24) is 19.9 Å². The Labute approximate surface area is 109 Å². The fourth-order valence-corrected chi connectivity index (χ4v) is 1.80. The van der Waals surface area contributed by atoms with E-state index in [1.54, 1.807) is 12.1 Å². The Morgan fingerprint density at radius 1 is 1.21 bits per heavy atom. The molecule has 2 N–H and O–H groups in total. The van der Waals surface area contributed by atoms with E-state index >= 15 is 0 Å². The number of aryl methyl sites for hydroxylation is 1. The van der Waals surface area contributed by atoms with Gasteiger partial charge in [0.15, 0.2) is 11.5 Å². The van der Waals surface area contributed by atoms with Crippen LogP contribution in [0.1, 0.15) is 11.4 Å². The van der Waals surface area contributed by atoms with Crippen LogP contribution in [-0.4, -0.2) is 19.9 Å². The van der Waals surface area contributed by atoms with Crippen molar-refractivity contribution >= 4 is 22.7 Å². The summed E-state index contributed by atoms with van der Waals surface area (Å²) in [6.45, 7) is 1.87. The molecule has 3 rings (SSSR count). The van der Waals surface area contributed by atoms with Crippen LogP contribution in [0.4, 0.5) is 11.5 Å². The maximum atomic E-state index is 8.76. The first-order chi connectivity index (χ1) is 9.26. The first-order valence-electron chi connectivity index (χ1n) is 5.71. The second-order valence-corrected chi connectivity index (χ2v) is 4.06. The number of aromatic nitrogens is 4. The molecule has 0 saturated carbocycles. The number of benzene rings is 1. The first-order valence-corrected chi connectivity index (χ1v) is 5.71. The summed E-state index contributed by atoms with van der Waals surface area (Å²) in [5.41, 5.74) is 2.87. The molecule has 2 aromatic heterocycles. The molecule has 0 atom stereocenters. The second kappa shape index (κ2) is 4.38. The average Bonchev–Trinajstić information content (AvgIpc) is 2.81. The highest BCUT2D eigenvalue weighted by molar-refractivity contribution is 5.84. The van der Waals surface area contributed by atoms with Crippen LogP contribution in [0.3, 0.4) is 0 Å². The molecular formula is C13H10N6. The molecule has 92 valence electrons. The molecule has 6 heteroatoms. The van der Waals surface area contributed by atoms with Gasteiger partial charge in [-0.15, -0.1) is 0 Å². The Morgan fingerprint density at radius 3 is 2.74 bits per heavy atom. The molecule has 6 nitrogen and oxygen atoms in total. The summed E-state index contributed by atoms with van der Waals surface area (Å²) in [6, 6.07) is 9.24. The van der Waals surface area contributed by atoms with E-state index in [4.69, 9.17) is 5.26 Å². The quantitative estimate of drug-likeness (QED) is 0.728. The maximum Gasteiger partial charge on any atom is 0.183 e. The molecule has 0 amide bonds. The normalized spacial score (nSPS) is 10.3. The summed E-state index contributed by atoms with van der Waals surface area (Å²) in [5, 5.41) is 11.9. The van der Waals surface area contributed by atoms with Crippen molar-refractivity contribution in [2.75, 3.05) is 5.32 Å². The van der Waals surface area contributed by atoms with Crippen LogP contribution in [0.5, 0.6) is 0 Å². The van der Waals surface area contributed by atoms with E-state index < -0.39 is 0 Å². The van der Waals surface area contributed by atoms with Crippen LogP contribution in [0.2, 0.25) is 0 Å². The van der Waals surface area contributed by atoms with E-state index in [0.717, 1.165) is 17.0 Å². The van der Waals surface area contributed by atoms with Crippen LogP contribution >= 0.6 is 0 Å². The van der Waals surface area contributed by atoms with Crippen molar-refractivity contribution in [3.63, 3.8) is 0 Å². The van der Waals surface area contributed by atoms with E-state index in [0.29, 0.717) is 17.0 Å². The number of anilines is 2. The number of imidazole rings is 1. The zero-order valence-corrected chi connectivity index (χ0v) is 10.2. The summed E-state index contributed by atoms with van der Waals surface area (Å²) < 4.78 is 0. The maximum absolute atomic E-state index is 8.76. The van der Waals surface area contributed by atoms with Gasteiger partial charge in [0.1, 0.15) is 17.7 Å². The second-order valence-electron chi connectivity index (χ2n) is 4.06. The lowest BCUT2D eigenvalue weighted by Gasteiger charge is -2.05. The largest absolute Gasteiger partial charge is 0.338 e. The zero-order valence-electron chi connectivity index (χ0n) is 10.2. The highest BCUT2D eigenvalue weighted by Gasteiger charge is 2.07. The molecular weight excluding hydrogens is 240 g/mol. The van der Waals surface area contributed by atoms with Crippen LogP contribution in [0.25, 0.3) is 11.2 Å². The predicted molar refractivity (Wildman–Crippen MR) is 70.9 cm³/mol. The van der Waals surface area contributed by atoms with Crippen molar-refractivity contribution in [2.45, 2.75) is 6.92 Å². The Hall–Kier alpha value is -2.94. The van der Waals surface area contributed by atoms with Crippen molar-refractivity contribution in [2.24, 2.45) is 0 Å². The molecule has 19 heavy (non-hydrogen) atoms. The molecule has 0 aliphatic rings. The molecule has 0 unspecified atom stereocenters. The number of H-pyrrole nitrogens is 1. The highest BCUT2D eigenvalue weighted by Crippen LogP contribution is 2.21. The molecule has 0 aliphatic carbocycles. The SMILES string of the molecule is Cc1nc2ncnc(Nc3ccc(C#N)cc3)c2[nH]1. The topological polar surface area (TPSA) is 90.3 Å². The Balaban J connectivity index is 1.98. The van der Waals surface area contributed by atoms with E-state index in [1.165, 1.54) is 6.33 Å². The van der Waals surface area contributed by atoms with Crippen LogP contribution in [0.15, 0.2) is 30.6 Å². The lowest BCUT2D eigenvalue weighted by Crippen LogP contribution is -1.95. The fourth-order valence-electron chi connectivity index (χ4n) is 1.80. The number of fused-ring (bicyclic) bond motifs is 1. The summed E-state index contributed by atoms with van der Waals surface area (Å²) in [5.74, 6) is 1.45. The number of nitrogens with one attached hydrogen (secondary N) is 2. The zero-order chi connectivity index (χ0) is 13.2. The van der Waals surface area contributed by atoms with Gasteiger partial charge in [-0.2, -0.15) is 5.26 Å². The Bertz CT molecular complexity index is 766. The van der Waals surface area contributed by atoms with Gasteiger partial charge in [-0.1, -0.05) is 0 Å². The minimum absolute atomic E-state index is 0.621. The van der Waals surface area contributed by atoms with Gasteiger partial charge < -0.3 is 10.3 Å². The van der Waals surface area contributed by atoms with Gasteiger partial charge in [0.05, 0.1) is 11.6 Å². The Morgan fingerprint density at radius 2 is 2.00 bits per heavy atom. The van der Waals surface area contributed by atoms with Gasteiger partial charge in [-0.3, -0.25) is 0 Å². The standard InChI is InChI=1S/C13H10N6/c1-8-17-11-12(18-8)15-7-16-13(11)19-10-4-2-9(6-14)3-5-10/h2-5,7H,1H3,(H2,15,16,17,18,19). The third-order valence-electron chi connectivity index (χ3n) is 2.68. The van der Waals surface area contributed by atoms with Gasteiger partial charge >= 0.3 is 0 Å². The van der Waals surface area contributed by atoms with Crippen molar-refractivity contribution in [1.29, 1.82) is 5.26 Å². The monoisotopic (exact) mass is 250 g/mol. The number of aromatic amines is 1. The number of nitrogens with zero attached hydrogens (tertiary/aromatic N) is 4. The number of nitriles is 1. The molecule has 2 heterocycles. The molecule has 0 radical (unpaired) electrons. The van der Waals surface area contributed by atoms with Crippen molar-refractivity contribution < 1.29 is 0 Å². The van der Waals surface area contributed by atoms with Crippen molar-refractivity contribution in [3.05, 3.63) is 42.0 Å². The van der Waals surface area contributed by atoms with Gasteiger partial charge in [0, 0.05) is 5.69 Å². The third kappa shape index (κ3) is 2.09. The van der Waals surface area contributed by atoms with Gasteiger partial charge in [-0.05, 0) is 31.2 Å². The minimum atomic E-state index is 0.621. The summed E-state index contributed by atoms with van der Waals surface area (Å²) in [4.78, 5) is 15.7. The average molecular weight is 250 g/mol. The molecule has 0 fully saturated rings. The number of rotatable bonds is 2. The van der Waals surface area contributed by atoms with E-state index in [-0.39, 0.29) is 0 Å². The molecule has 3 aromatic rings. The predicted octanol–water partition coefficient (Wildman–Crippen LogP) is 2.28. The number of hydrogen-bond acceptors (Lipinski definition) is 5. The summed E-state index contributed by atoms with van der Waals surface area (Å²) >= 11 is 0. The lowest BCUT2D eigenvalue weighted by atomic mass is 10.2. The fraction of sp³-hybridized carbons (Fsp3) is 0.0769. The smallest absolute Gasteiger partial charge is 0.183 e. The third-order valence-corrected chi connectivity index (χ3v) is 2.68. The molecule has 0 aliphatic heterocycles. The Kier molecular flexibility index (Phi) is 2.58. The van der Waals surface area contributed by atoms with Gasteiger partial charge in [-0.25, -0.2) is 15.0 Å². The summed E-state index contributed by atoms with van der Waals surface area (Å²) in [6.07, 6.45) is 1.47. The molecule has 1 aromatic carbocycles. The molecule has 0 spiro atoms. The number of hydrogen-bond donors (Lipinski definition) is 2.